The van der Waals surface area contributed by atoms with Gasteiger partial charge in [0.1, 0.15) is 17.4 Å². The molecule has 1 spiro atoms. The maximum Gasteiger partial charge on any atom is 0.253 e. The number of amides is 3. The van der Waals surface area contributed by atoms with Crippen LogP contribution < -0.4 is 14.5 Å². The molecule has 49 heavy (non-hydrogen) atoms. The second kappa shape index (κ2) is 15.3. The van der Waals surface area contributed by atoms with Crippen LogP contribution in [-0.4, -0.2) is 77.8 Å². The van der Waals surface area contributed by atoms with E-state index in [1.165, 1.54) is 0 Å². The van der Waals surface area contributed by atoms with E-state index in [9.17, 15) is 14.7 Å². The van der Waals surface area contributed by atoms with E-state index >= 15 is 4.79 Å². The quantitative estimate of drug-likeness (QED) is 0.160. The molecule has 2 aromatic carbocycles. The molecule has 0 saturated carbocycles. The van der Waals surface area contributed by atoms with Crippen molar-refractivity contribution in [2.24, 2.45) is 11.8 Å². The Morgan fingerprint density at radius 1 is 0.980 bits per heavy atom. The highest BCUT2D eigenvalue weighted by molar-refractivity contribution is 6.07. The number of aryl methyl sites for hydroxylation is 2. The monoisotopic (exact) mass is 671 g/mol. The first-order chi connectivity index (χ1) is 23.6. The summed E-state index contributed by atoms with van der Waals surface area (Å²) in [7, 11) is 0. The highest BCUT2D eigenvalue weighted by atomic mass is 16.5. The van der Waals surface area contributed by atoms with Gasteiger partial charge in [-0.25, -0.2) is 0 Å². The van der Waals surface area contributed by atoms with Crippen molar-refractivity contribution in [3.63, 3.8) is 0 Å². The molecule has 264 valence electrons. The van der Waals surface area contributed by atoms with Crippen LogP contribution in [0.15, 0.2) is 67.8 Å². The molecule has 3 aliphatic heterocycles. The Bertz CT molecular complexity index is 1540. The van der Waals surface area contributed by atoms with Crippen molar-refractivity contribution in [3.05, 3.63) is 78.9 Å². The number of ether oxygens (including phenoxy) is 2. The van der Waals surface area contributed by atoms with Crippen LogP contribution in [0.5, 0.6) is 5.75 Å². The summed E-state index contributed by atoms with van der Waals surface area (Å²) in [5, 5.41) is 9.32. The second-order valence-electron chi connectivity index (χ2n) is 13.7. The van der Waals surface area contributed by atoms with Gasteiger partial charge in [0.15, 0.2) is 0 Å². The lowest BCUT2D eigenvalue weighted by molar-refractivity contribution is -0.146. The predicted molar refractivity (Wildman–Crippen MR) is 193 cm³/mol. The van der Waals surface area contributed by atoms with Gasteiger partial charge in [-0.05, 0) is 94.3 Å². The maximum absolute atomic E-state index is 15.1. The van der Waals surface area contributed by atoms with Gasteiger partial charge in [0.2, 0.25) is 11.8 Å². The molecule has 9 nitrogen and oxygen atoms in total. The average molecular weight is 672 g/mol. The lowest BCUT2D eigenvalue weighted by atomic mass is 9.64. The number of hydrogen-bond acceptors (Lipinski definition) is 6. The van der Waals surface area contributed by atoms with E-state index in [0.29, 0.717) is 56.7 Å². The third-order valence-corrected chi connectivity index (χ3v) is 10.8. The molecule has 3 fully saturated rings. The van der Waals surface area contributed by atoms with E-state index < -0.39 is 29.1 Å². The van der Waals surface area contributed by atoms with Crippen LogP contribution >= 0.6 is 0 Å². The SMILES string of the molecule is C=CCN(C(=O)[C@@H]1[C@H]2C(=O)N(CCCCCCO)C(C(=O)N(CC=C)c3cc(C)ccc3C)C23CC[C@@]1(CC)O3)c1ccc(OCC)cc1. The van der Waals surface area contributed by atoms with Gasteiger partial charge in [-0.3, -0.25) is 14.4 Å². The molecule has 3 amide bonds. The van der Waals surface area contributed by atoms with Gasteiger partial charge >= 0.3 is 0 Å². The minimum Gasteiger partial charge on any atom is -0.494 e. The Hall–Kier alpha value is -3.95. The Morgan fingerprint density at radius 2 is 1.67 bits per heavy atom. The Kier molecular flexibility index (Phi) is 11.3. The van der Waals surface area contributed by atoms with E-state index in [4.69, 9.17) is 9.47 Å². The van der Waals surface area contributed by atoms with Gasteiger partial charge < -0.3 is 29.3 Å². The van der Waals surface area contributed by atoms with E-state index in [1.54, 1.807) is 26.9 Å². The summed E-state index contributed by atoms with van der Waals surface area (Å²) in [4.78, 5) is 50.0. The van der Waals surface area contributed by atoms with Crippen LogP contribution in [-0.2, 0) is 19.1 Å². The Morgan fingerprint density at radius 3 is 2.33 bits per heavy atom. The zero-order valence-corrected chi connectivity index (χ0v) is 29.7. The van der Waals surface area contributed by atoms with E-state index in [2.05, 4.69) is 13.2 Å². The van der Waals surface area contributed by atoms with Gasteiger partial charge in [-0.2, -0.15) is 0 Å². The molecule has 9 heteroatoms. The number of unbranched alkanes of at least 4 members (excludes halogenated alkanes) is 3. The number of likely N-dealkylation sites (tertiary alicyclic amines) is 1. The number of anilines is 2. The van der Waals surface area contributed by atoms with Crippen molar-refractivity contribution in [1.82, 2.24) is 4.90 Å². The number of carbonyl (C=O) groups is 3. The molecule has 0 aliphatic carbocycles. The van der Waals surface area contributed by atoms with Crippen LogP contribution in [0.2, 0.25) is 0 Å². The zero-order chi connectivity index (χ0) is 35.3. The number of hydrogen-bond donors (Lipinski definition) is 1. The summed E-state index contributed by atoms with van der Waals surface area (Å²) in [6, 6.07) is 12.5. The number of carbonyl (C=O) groups excluding carboxylic acids is 3. The predicted octanol–water partition coefficient (Wildman–Crippen LogP) is 6.15. The van der Waals surface area contributed by atoms with Crippen LogP contribution in [0.4, 0.5) is 11.4 Å². The highest BCUT2D eigenvalue weighted by Crippen LogP contribution is 2.65. The van der Waals surface area contributed by atoms with Crippen molar-refractivity contribution < 1.29 is 29.0 Å². The van der Waals surface area contributed by atoms with Crippen LogP contribution in [0, 0.1) is 25.7 Å². The number of benzene rings is 2. The first-order valence-corrected chi connectivity index (χ1v) is 17.9. The lowest BCUT2D eigenvalue weighted by Crippen LogP contribution is -2.56. The fourth-order valence-electron chi connectivity index (χ4n) is 8.46. The second-order valence-corrected chi connectivity index (χ2v) is 13.7. The van der Waals surface area contributed by atoms with Crippen molar-refractivity contribution >= 4 is 29.1 Å². The fraction of sp³-hybridized carbons (Fsp3) is 0.525. The van der Waals surface area contributed by atoms with Crippen LogP contribution in [0.25, 0.3) is 0 Å². The topological polar surface area (TPSA) is 99.6 Å². The summed E-state index contributed by atoms with van der Waals surface area (Å²) in [5.74, 6) is -1.47. The van der Waals surface area contributed by atoms with Gasteiger partial charge in [-0.15, -0.1) is 13.2 Å². The largest absolute Gasteiger partial charge is 0.494 e. The number of nitrogens with zero attached hydrogens (tertiary/aromatic N) is 3. The summed E-state index contributed by atoms with van der Waals surface area (Å²) in [5.41, 5.74) is 1.40. The molecule has 5 atom stereocenters. The first kappa shape index (κ1) is 36.3. The molecule has 0 radical (unpaired) electrons. The van der Waals surface area contributed by atoms with Crippen molar-refractivity contribution in [1.29, 1.82) is 0 Å². The molecule has 3 heterocycles. The minimum absolute atomic E-state index is 0.119. The fourth-order valence-corrected chi connectivity index (χ4v) is 8.46. The molecule has 3 aliphatic rings. The standard InChI is InChI=1S/C40H53N3O6/c1-7-23-41(30-17-19-31(20-18-30)48-10-4)36(45)33-34-37(46)43(25-13-11-12-14-26-44)35(40(34)22-21-39(33,9-3)49-40)38(47)42(24-8-2)32-27-28(5)15-16-29(32)6/h7-8,15-20,27,33-35,44H,1-2,9-14,21-26H2,3-6H3/t33-,34-,35?,39+,40?/m0/s1. The van der Waals surface area contributed by atoms with Crippen LogP contribution in [0.3, 0.4) is 0 Å². The summed E-state index contributed by atoms with van der Waals surface area (Å²) in [6.07, 6.45) is 8.02. The van der Waals surface area contributed by atoms with Crippen molar-refractivity contribution in [2.75, 3.05) is 42.6 Å². The molecule has 3 saturated heterocycles. The summed E-state index contributed by atoms with van der Waals surface area (Å²) >= 11 is 0. The molecule has 2 bridgehead atoms. The Labute approximate surface area is 291 Å². The van der Waals surface area contributed by atoms with E-state index in [1.807, 2.05) is 70.2 Å². The molecule has 1 N–H and O–H groups in total. The molecular formula is C40H53N3O6. The van der Waals surface area contributed by atoms with E-state index in [0.717, 1.165) is 29.7 Å². The number of rotatable bonds is 17. The lowest BCUT2D eigenvalue weighted by Gasteiger charge is -2.37. The third-order valence-electron chi connectivity index (χ3n) is 10.8. The molecule has 5 rings (SSSR count). The summed E-state index contributed by atoms with van der Waals surface area (Å²) in [6.45, 7) is 17.3. The van der Waals surface area contributed by atoms with Gasteiger partial charge in [0, 0.05) is 37.6 Å². The zero-order valence-electron chi connectivity index (χ0n) is 29.7. The van der Waals surface area contributed by atoms with Crippen molar-refractivity contribution in [3.8, 4) is 5.75 Å². The average Bonchev–Trinajstić information content (AvgIpc) is 3.70. The highest BCUT2D eigenvalue weighted by Gasteiger charge is 2.79. The smallest absolute Gasteiger partial charge is 0.253 e. The van der Waals surface area contributed by atoms with E-state index in [-0.39, 0.29) is 37.4 Å². The number of aliphatic hydroxyl groups is 1. The molecular weight excluding hydrogens is 618 g/mol. The van der Waals surface area contributed by atoms with Gasteiger partial charge in [0.25, 0.3) is 5.91 Å². The number of fused-ring (bicyclic) bond motifs is 1. The van der Waals surface area contributed by atoms with Crippen molar-refractivity contribution in [2.45, 2.75) is 89.9 Å². The Balaban J connectivity index is 1.58. The normalized spacial score (nSPS) is 25.3. The van der Waals surface area contributed by atoms with Gasteiger partial charge in [-0.1, -0.05) is 44.1 Å². The molecule has 0 aromatic heterocycles. The first-order valence-electron chi connectivity index (χ1n) is 17.9. The maximum atomic E-state index is 15.1. The molecule has 2 aromatic rings. The third kappa shape index (κ3) is 6.55. The minimum atomic E-state index is -1.15. The molecule has 2 unspecified atom stereocenters. The van der Waals surface area contributed by atoms with Gasteiger partial charge in [0.05, 0.1) is 24.0 Å². The summed E-state index contributed by atoms with van der Waals surface area (Å²) < 4.78 is 12.7. The number of aliphatic hydroxyl groups excluding tert-OH is 1. The van der Waals surface area contributed by atoms with Crippen LogP contribution in [0.1, 0.15) is 69.9 Å².